The van der Waals surface area contributed by atoms with Crippen LogP contribution in [-0.2, 0) is 0 Å². The van der Waals surface area contributed by atoms with Gasteiger partial charge in [-0.15, -0.1) is 0 Å². The molecule has 4 rings (SSSR count). The van der Waals surface area contributed by atoms with E-state index in [0.717, 1.165) is 29.4 Å². The summed E-state index contributed by atoms with van der Waals surface area (Å²) < 4.78 is 11.5. The number of aromatic nitrogens is 2. The Bertz CT molecular complexity index is 1140. The number of benzene rings is 2. The minimum absolute atomic E-state index is 0.227. The maximum absolute atomic E-state index is 12.9. The molecule has 2 heterocycles. The lowest BCUT2D eigenvalue weighted by molar-refractivity contribution is 0.419. The third kappa shape index (κ3) is 2.25. The molecule has 1 N–H and O–H groups in total. The Balaban J connectivity index is 2.16. The molecule has 0 saturated heterocycles. The van der Waals surface area contributed by atoms with Gasteiger partial charge < -0.3 is 14.1 Å². The van der Waals surface area contributed by atoms with E-state index in [1.54, 1.807) is 7.11 Å². The molecule has 25 heavy (non-hydrogen) atoms. The molecule has 4 aromatic rings. The number of furan rings is 1. The average Bonchev–Trinajstić information content (AvgIpc) is 3.00. The van der Waals surface area contributed by atoms with Gasteiger partial charge in [0, 0.05) is 23.9 Å². The lowest BCUT2D eigenvalue weighted by Gasteiger charge is -2.19. The van der Waals surface area contributed by atoms with Gasteiger partial charge >= 0.3 is 0 Å². The van der Waals surface area contributed by atoms with Crippen LogP contribution in [0.2, 0.25) is 0 Å². The lowest BCUT2D eigenvalue weighted by atomic mass is 10.1. The van der Waals surface area contributed by atoms with Crippen LogP contribution in [0.1, 0.15) is 13.8 Å². The number of H-pyrrole nitrogens is 1. The Hall–Kier alpha value is -3.02. The Morgan fingerprint density at radius 1 is 1.20 bits per heavy atom. The minimum Gasteiger partial charge on any atom is -0.494 e. The second-order valence-corrected chi connectivity index (χ2v) is 5.84. The van der Waals surface area contributed by atoms with Gasteiger partial charge in [0.2, 0.25) is 5.95 Å². The third-order valence-electron chi connectivity index (χ3n) is 4.56. The largest absolute Gasteiger partial charge is 0.494 e. The van der Waals surface area contributed by atoms with E-state index in [1.165, 1.54) is 0 Å². The van der Waals surface area contributed by atoms with Crippen molar-refractivity contribution in [3.63, 3.8) is 0 Å². The number of hydrogen-bond acceptors (Lipinski definition) is 5. The summed E-state index contributed by atoms with van der Waals surface area (Å²) in [6, 6.07) is 9.60. The van der Waals surface area contributed by atoms with Gasteiger partial charge in [-0.3, -0.25) is 9.78 Å². The van der Waals surface area contributed by atoms with Gasteiger partial charge in [0.15, 0.2) is 5.58 Å². The van der Waals surface area contributed by atoms with E-state index in [4.69, 9.17) is 9.15 Å². The number of fused-ring (bicyclic) bond motifs is 5. The van der Waals surface area contributed by atoms with E-state index < -0.39 is 0 Å². The van der Waals surface area contributed by atoms with Gasteiger partial charge in [-0.2, -0.15) is 0 Å². The topological polar surface area (TPSA) is 71.4 Å². The average molecular weight is 337 g/mol. The van der Waals surface area contributed by atoms with Crippen LogP contribution >= 0.6 is 0 Å². The molecule has 0 atom stereocenters. The van der Waals surface area contributed by atoms with Crippen molar-refractivity contribution in [2.24, 2.45) is 0 Å². The van der Waals surface area contributed by atoms with Gasteiger partial charge in [0.05, 0.1) is 7.11 Å². The normalized spacial score (nSPS) is 11.5. The number of hydrogen-bond donors (Lipinski definition) is 1. The van der Waals surface area contributed by atoms with Crippen LogP contribution in [0.3, 0.4) is 0 Å². The van der Waals surface area contributed by atoms with E-state index in [2.05, 4.69) is 9.97 Å². The summed E-state index contributed by atoms with van der Waals surface area (Å²) in [5, 5.41) is 2.22. The summed E-state index contributed by atoms with van der Waals surface area (Å²) >= 11 is 0. The van der Waals surface area contributed by atoms with E-state index >= 15 is 0 Å². The first-order chi connectivity index (χ1) is 12.2. The number of nitrogens with zero attached hydrogens (tertiary/aromatic N) is 2. The number of rotatable bonds is 4. The van der Waals surface area contributed by atoms with Gasteiger partial charge in [-0.25, -0.2) is 4.98 Å². The Labute approximate surface area is 144 Å². The van der Waals surface area contributed by atoms with Gasteiger partial charge in [-0.05, 0) is 26.0 Å². The van der Waals surface area contributed by atoms with Crippen LogP contribution in [0.5, 0.6) is 5.75 Å². The van der Waals surface area contributed by atoms with Crippen molar-refractivity contribution in [2.75, 3.05) is 25.1 Å². The molecule has 0 amide bonds. The Morgan fingerprint density at radius 3 is 2.68 bits per heavy atom. The summed E-state index contributed by atoms with van der Waals surface area (Å²) in [5.74, 6) is 1.10. The number of para-hydroxylation sites is 1. The first-order valence-electron chi connectivity index (χ1n) is 8.35. The maximum Gasteiger partial charge on any atom is 0.264 e. The zero-order valence-corrected chi connectivity index (χ0v) is 14.4. The molecule has 0 saturated carbocycles. The lowest BCUT2D eigenvalue weighted by Crippen LogP contribution is -2.27. The van der Waals surface area contributed by atoms with Crippen LogP contribution in [-0.4, -0.2) is 30.2 Å². The van der Waals surface area contributed by atoms with Gasteiger partial charge in [0.1, 0.15) is 22.2 Å². The Morgan fingerprint density at radius 2 is 1.96 bits per heavy atom. The van der Waals surface area contributed by atoms with Crippen molar-refractivity contribution in [3.05, 3.63) is 40.7 Å². The molecule has 0 fully saturated rings. The predicted molar refractivity (Wildman–Crippen MR) is 99.8 cm³/mol. The van der Waals surface area contributed by atoms with Crippen LogP contribution in [0.15, 0.2) is 39.5 Å². The molecular formula is C19H19N3O3. The van der Waals surface area contributed by atoms with Crippen molar-refractivity contribution in [3.8, 4) is 5.75 Å². The van der Waals surface area contributed by atoms with E-state index in [1.807, 2.05) is 49.1 Å². The SMILES string of the molecule is CCN(CC)c1nc2c(OC)cc3c4ccccc4oc3c2c(=O)[nH]1. The van der Waals surface area contributed by atoms with Crippen molar-refractivity contribution >= 4 is 38.8 Å². The second-order valence-electron chi connectivity index (χ2n) is 5.84. The molecular weight excluding hydrogens is 318 g/mol. The molecule has 6 nitrogen and oxygen atoms in total. The second kappa shape index (κ2) is 5.81. The molecule has 0 aliphatic rings. The van der Waals surface area contributed by atoms with Gasteiger partial charge in [0.25, 0.3) is 5.56 Å². The summed E-state index contributed by atoms with van der Waals surface area (Å²) in [6.45, 7) is 5.54. The monoisotopic (exact) mass is 337 g/mol. The Kier molecular flexibility index (Phi) is 3.60. The molecule has 6 heteroatoms. The van der Waals surface area contributed by atoms with E-state index in [-0.39, 0.29) is 5.56 Å². The zero-order valence-electron chi connectivity index (χ0n) is 14.4. The fourth-order valence-electron chi connectivity index (χ4n) is 3.27. The fraction of sp³-hybridized carbons (Fsp3) is 0.263. The highest BCUT2D eigenvalue weighted by molar-refractivity contribution is 6.15. The van der Waals surface area contributed by atoms with Crippen molar-refractivity contribution < 1.29 is 9.15 Å². The summed E-state index contributed by atoms with van der Waals surface area (Å²) in [5.41, 5.74) is 1.56. The number of anilines is 1. The van der Waals surface area contributed by atoms with Crippen molar-refractivity contribution in [1.29, 1.82) is 0 Å². The first kappa shape index (κ1) is 15.5. The zero-order chi connectivity index (χ0) is 17.6. The fourth-order valence-corrected chi connectivity index (χ4v) is 3.27. The van der Waals surface area contributed by atoms with Gasteiger partial charge in [-0.1, -0.05) is 18.2 Å². The molecule has 128 valence electrons. The van der Waals surface area contributed by atoms with Crippen LogP contribution in [0.25, 0.3) is 32.8 Å². The third-order valence-corrected chi connectivity index (χ3v) is 4.56. The summed E-state index contributed by atoms with van der Waals surface area (Å²) in [7, 11) is 1.59. The molecule has 2 aromatic heterocycles. The summed E-state index contributed by atoms with van der Waals surface area (Å²) in [6.07, 6.45) is 0. The number of aromatic amines is 1. The predicted octanol–water partition coefficient (Wildman–Crippen LogP) is 3.68. The molecule has 0 aliphatic carbocycles. The highest BCUT2D eigenvalue weighted by Gasteiger charge is 2.19. The van der Waals surface area contributed by atoms with Crippen LogP contribution < -0.4 is 15.2 Å². The first-order valence-corrected chi connectivity index (χ1v) is 8.35. The molecule has 0 bridgehead atoms. The molecule has 0 unspecified atom stereocenters. The highest BCUT2D eigenvalue weighted by atomic mass is 16.5. The molecule has 0 spiro atoms. The van der Waals surface area contributed by atoms with E-state index in [9.17, 15) is 4.79 Å². The number of methoxy groups -OCH3 is 1. The maximum atomic E-state index is 12.9. The summed E-state index contributed by atoms with van der Waals surface area (Å²) in [4.78, 5) is 22.4. The highest BCUT2D eigenvalue weighted by Crippen LogP contribution is 2.37. The molecule has 0 radical (unpaired) electrons. The molecule has 2 aromatic carbocycles. The number of ether oxygens (including phenoxy) is 1. The van der Waals surface area contributed by atoms with Crippen molar-refractivity contribution in [1.82, 2.24) is 9.97 Å². The molecule has 0 aliphatic heterocycles. The van der Waals surface area contributed by atoms with Crippen molar-refractivity contribution in [2.45, 2.75) is 13.8 Å². The quantitative estimate of drug-likeness (QED) is 0.615. The number of nitrogens with one attached hydrogen (secondary N) is 1. The van der Waals surface area contributed by atoms with E-state index in [0.29, 0.717) is 28.2 Å². The standard InChI is InChI=1S/C19H19N3O3/c1-4-22(5-2)19-20-16-14(24-3)10-12-11-8-6-7-9-13(11)25-17(12)15(16)18(23)21-19/h6-10H,4-5H2,1-3H3,(H,20,21,23). The van der Waals surface area contributed by atoms with Crippen LogP contribution in [0, 0.1) is 0 Å². The minimum atomic E-state index is -0.227. The van der Waals surface area contributed by atoms with Crippen LogP contribution in [0.4, 0.5) is 5.95 Å². The smallest absolute Gasteiger partial charge is 0.264 e.